The SMILES string of the molecule is Cc1cc(Cl)c(N2CCCNC(C)(C3CC3)C2)cc1Cl. The van der Waals surface area contributed by atoms with Gasteiger partial charge in [-0.3, -0.25) is 0 Å². The molecule has 2 nitrogen and oxygen atoms in total. The van der Waals surface area contributed by atoms with E-state index in [2.05, 4.69) is 17.1 Å². The molecule has 4 heteroatoms. The van der Waals surface area contributed by atoms with Crippen LogP contribution in [0.1, 0.15) is 31.7 Å². The fourth-order valence-corrected chi connectivity index (χ4v) is 3.75. The van der Waals surface area contributed by atoms with Crippen LogP contribution in [0.4, 0.5) is 5.69 Å². The fraction of sp³-hybridized carbons (Fsp3) is 0.625. The second kappa shape index (κ2) is 5.40. The first-order valence-corrected chi connectivity index (χ1v) is 8.21. The van der Waals surface area contributed by atoms with Gasteiger partial charge in [0.2, 0.25) is 0 Å². The van der Waals surface area contributed by atoms with E-state index >= 15 is 0 Å². The third-order valence-corrected chi connectivity index (χ3v) is 5.41. The standard InChI is InChI=1S/C16H22Cl2N2/c1-11-8-14(18)15(9-13(11)17)20-7-3-6-19-16(2,10-20)12-4-5-12/h8-9,12,19H,3-7,10H2,1-2H3. The van der Waals surface area contributed by atoms with Crippen molar-refractivity contribution in [3.8, 4) is 0 Å². The van der Waals surface area contributed by atoms with Crippen LogP contribution in [0, 0.1) is 12.8 Å². The molecule has 3 rings (SSSR count). The van der Waals surface area contributed by atoms with Gasteiger partial charge in [-0.1, -0.05) is 23.2 Å². The van der Waals surface area contributed by atoms with E-state index in [0.717, 1.165) is 53.3 Å². The van der Waals surface area contributed by atoms with E-state index in [0.29, 0.717) is 0 Å². The highest BCUT2D eigenvalue weighted by Gasteiger charge is 2.43. The molecule has 1 aromatic rings. The maximum absolute atomic E-state index is 6.46. The molecule has 0 radical (unpaired) electrons. The Balaban J connectivity index is 1.90. The van der Waals surface area contributed by atoms with Crippen molar-refractivity contribution in [1.82, 2.24) is 5.32 Å². The normalized spacial score (nSPS) is 27.5. The van der Waals surface area contributed by atoms with Gasteiger partial charge in [0.25, 0.3) is 0 Å². The van der Waals surface area contributed by atoms with Gasteiger partial charge >= 0.3 is 0 Å². The average Bonchev–Trinajstić information content (AvgIpc) is 3.21. The Bertz CT molecular complexity index is 513. The maximum atomic E-state index is 6.46. The molecule has 110 valence electrons. The zero-order valence-electron chi connectivity index (χ0n) is 12.2. The van der Waals surface area contributed by atoms with Gasteiger partial charge in [-0.2, -0.15) is 0 Å². The molecule has 0 amide bonds. The number of rotatable bonds is 2. The second-order valence-electron chi connectivity index (χ2n) is 6.45. The van der Waals surface area contributed by atoms with Crippen LogP contribution >= 0.6 is 23.2 Å². The van der Waals surface area contributed by atoms with E-state index in [1.165, 1.54) is 12.8 Å². The molecule has 1 unspecified atom stereocenters. The number of hydrogen-bond donors (Lipinski definition) is 1. The van der Waals surface area contributed by atoms with Gasteiger partial charge in [-0.15, -0.1) is 0 Å². The molecule has 1 N–H and O–H groups in total. The molecule has 1 atom stereocenters. The molecule has 1 aliphatic carbocycles. The van der Waals surface area contributed by atoms with Crippen LogP contribution in [-0.2, 0) is 0 Å². The first kappa shape index (κ1) is 14.5. The van der Waals surface area contributed by atoms with E-state index < -0.39 is 0 Å². The molecular formula is C16H22Cl2N2. The van der Waals surface area contributed by atoms with E-state index in [1.54, 1.807) is 0 Å². The summed E-state index contributed by atoms with van der Waals surface area (Å²) in [5.41, 5.74) is 2.33. The Hall–Kier alpha value is -0.440. The topological polar surface area (TPSA) is 15.3 Å². The zero-order chi connectivity index (χ0) is 14.3. The van der Waals surface area contributed by atoms with Crippen molar-refractivity contribution in [3.63, 3.8) is 0 Å². The molecular weight excluding hydrogens is 291 g/mol. The van der Waals surface area contributed by atoms with Gasteiger partial charge in [-0.25, -0.2) is 0 Å². The average molecular weight is 313 g/mol. The minimum absolute atomic E-state index is 0.206. The summed E-state index contributed by atoms with van der Waals surface area (Å²) in [4.78, 5) is 2.41. The summed E-state index contributed by atoms with van der Waals surface area (Å²) < 4.78 is 0. The Kier molecular flexibility index (Phi) is 3.91. The molecule has 1 heterocycles. The van der Waals surface area contributed by atoms with Gasteiger partial charge in [0.05, 0.1) is 10.7 Å². The number of hydrogen-bond acceptors (Lipinski definition) is 2. The molecule has 1 saturated heterocycles. The molecule has 1 saturated carbocycles. The van der Waals surface area contributed by atoms with Crippen molar-refractivity contribution in [2.45, 2.75) is 38.6 Å². The smallest absolute Gasteiger partial charge is 0.0643 e. The van der Waals surface area contributed by atoms with Gasteiger partial charge in [0, 0.05) is 23.7 Å². The Morgan fingerprint density at radius 2 is 2.00 bits per heavy atom. The number of anilines is 1. The molecule has 0 bridgehead atoms. The van der Waals surface area contributed by atoms with Gasteiger partial charge in [0.1, 0.15) is 0 Å². The fourth-order valence-electron chi connectivity index (χ4n) is 3.25. The third kappa shape index (κ3) is 2.79. The molecule has 1 aliphatic heterocycles. The van der Waals surface area contributed by atoms with Crippen LogP contribution < -0.4 is 10.2 Å². The predicted octanol–water partition coefficient (Wildman–Crippen LogP) is 4.27. The summed E-state index contributed by atoms with van der Waals surface area (Å²) in [5.74, 6) is 0.808. The lowest BCUT2D eigenvalue weighted by molar-refractivity contribution is 0.331. The number of aryl methyl sites for hydroxylation is 1. The van der Waals surface area contributed by atoms with Crippen molar-refractivity contribution in [2.24, 2.45) is 5.92 Å². The second-order valence-corrected chi connectivity index (χ2v) is 7.26. The van der Waals surface area contributed by atoms with Gasteiger partial charge in [0.15, 0.2) is 0 Å². The van der Waals surface area contributed by atoms with Crippen molar-refractivity contribution in [2.75, 3.05) is 24.5 Å². The van der Waals surface area contributed by atoms with Crippen LogP contribution in [0.25, 0.3) is 0 Å². The Morgan fingerprint density at radius 3 is 2.70 bits per heavy atom. The molecule has 2 fully saturated rings. The van der Waals surface area contributed by atoms with E-state index in [9.17, 15) is 0 Å². The minimum atomic E-state index is 0.206. The van der Waals surface area contributed by atoms with E-state index in [4.69, 9.17) is 23.2 Å². The minimum Gasteiger partial charge on any atom is -0.368 e. The monoisotopic (exact) mass is 312 g/mol. The first-order chi connectivity index (χ1) is 9.49. The third-order valence-electron chi connectivity index (χ3n) is 4.70. The van der Waals surface area contributed by atoms with Gasteiger partial charge in [-0.05, 0) is 63.3 Å². The highest BCUT2D eigenvalue weighted by Crippen LogP contribution is 2.42. The number of nitrogens with zero attached hydrogens (tertiary/aromatic N) is 1. The van der Waals surface area contributed by atoms with Crippen molar-refractivity contribution in [1.29, 1.82) is 0 Å². The highest BCUT2D eigenvalue weighted by atomic mass is 35.5. The lowest BCUT2D eigenvalue weighted by Crippen LogP contribution is -2.51. The molecule has 0 spiro atoms. The summed E-state index contributed by atoms with van der Waals surface area (Å²) >= 11 is 12.7. The van der Waals surface area contributed by atoms with Gasteiger partial charge < -0.3 is 10.2 Å². The largest absolute Gasteiger partial charge is 0.368 e. The van der Waals surface area contributed by atoms with Crippen LogP contribution in [0.15, 0.2) is 12.1 Å². The summed E-state index contributed by atoms with van der Waals surface area (Å²) in [5, 5.41) is 5.36. The van der Waals surface area contributed by atoms with Crippen LogP contribution in [0.2, 0.25) is 10.0 Å². The van der Waals surface area contributed by atoms with Crippen molar-refractivity contribution in [3.05, 3.63) is 27.7 Å². The van der Waals surface area contributed by atoms with E-state index in [1.807, 2.05) is 19.1 Å². The summed E-state index contributed by atoms with van der Waals surface area (Å²) in [7, 11) is 0. The quantitative estimate of drug-likeness (QED) is 0.877. The lowest BCUT2D eigenvalue weighted by Gasteiger charge is -2.35. The summed E-state index contributed by atoms with van der Waals surface area (Å²) in [6.45, 7) is 7.48. The van der Waals surface area contributed by atoms with Crippen molar-refractivity contribution >= 4 is 28.9 Å². The maximum Gasteiger partial charge on any atom is 0.0643 e. The highest BCUT2D eigenvalue weighted by molar-refractivity contribution is 6.35. The summed E-state index contributed by atoms with van der Waals surface area (Å²) in [6.07, 6.45) is 3.84. The Morgan fingerprint density at radius 1 is 1.25 bits per heavy atom. The summed E-state index contributed by atoms with van der Waals surface area (Å²) in [6, 6.07) is 4.00. The van der Waals surface area contributed by atoms with Crippen LogP contribution in [0.3, 0.4) is 0 Å². The molecule has 2 aliphatic rings. The number of halogens is 2. The van der Waals surface area contributed by atoms with Crippen molar-refractivity contribution < 1.29 is 0 Å². The predicted molar refractivity (Wildman–Crippen MR) is 87.2 cm³/mol. The number of benzene rings is 1. The van der Waals surface area contributed by atoms with Crippen LogP contribution in [0.5, 0.6) is 0 Å². The lowest BCUT2D eigenvalue weighted by atomic mass is 9.95. The molecule has 20 heavy (non-hydrogen) atoms. The van der Waals surface area contributed by atoms with E-state index in [-0.39, 0.29) is 5.54 Å². The Labute approximate surface area is 131 Å². The first-order valence-electron chi connectivity index (χ1n) is 7.45. The molecule has 1 aromatic carbocycles. The number of nitrogens with one attached hydrogen (secondary N) is 1. The van der Waals surface area contributed by atoms with Crippen LogP contribution in [-0.4, -0.2) is 25.2 Å². The zero-order valence-corrected chi connectivity index (χ0v) is 13.7. The molecule has 0 aromatic heterocycles.